The summed E-state index contributed by atoms with van der Waals surface area (Å²) in [5.41, 5.74) is 0.832. The van der Waals surface area contributed by atoms with Crippen molar-refractivity contribution < 1.29 is 9.72 Å². The first-order valence-corrected chi connectivity index (χ1v) is 6.89. The second-order valence-corrected chi connectivity index (χ2v) is 4.90. The molecule has 1 aliphatic heterocycles. The molecular formula is C14H19N3O3. The van der Waals surface area contributed by atoms with Gasteiger partial charge in [0.2, 0.25) is 5.91 Å². The number of likely N-dealkylation sites (tertiary alicyclic amines) is 1. The number of para-hydroxylation sites is 1. The molecule has 1 aliphatic rings. The second-order valence-electron chi connectivity index (χ2n) is 4.90. The van der Waals surface area contributed by atoms with Gasteiger partial charge in [0.1, 0.15) is 0 Å². The number of benzene rings is 1. The average Bonchev–Trinajstić information content (AvgIpc) is 2.98. The van der Waals surface area contributed by atoms with Crippen molar-refractivity contribution in [3.63, 3.8) is 0 Å². The maximum atomic E-state index is 11.8. The van der Waals surface area contributed by atoms with Gasteiger partial charge in [-0.15, -0.1) is 0 Å². The molecule has 1 aromatic carbocycles. The van der Waals surface area contributed by atoms with E-state index in [0.717, 1.165) is 25.9 Å². The Labute approximate surface area is 117 Å². The lowest BCUT2D eigenvalue weighted by Crippen LogP contribution is -2.36. The molecule has 1 aromatic rings. The fourth-order valence-electron chi connectivity index (χ4n) is 2.40. The third kappa shape index (κ3) is 3.77. The van der Waals surface area contributed by atoms with Crippen molar-refractivity contribution >= 4 is 11.6 Å². The molecule has 0 bridgehead atoms. The maximum absolute atomic E-state index is 11.8. The Morgan fingerprint density at radius 1 is 1.30 bits per heavy atom. The molecule has 20 heavy (non-hydrogen) atoms. The zero-order chi connectivity index (χ0) is 14.4. The molecule has 6 nitrogen and oxygen atoms in total. The maximum Gasteiger partial charge on any atom is 0.272 e. The standard InChI is InChI=1S/C14H19N3O3/c18-14(16-9-3-4-10-16)11-15-8-7-12-5-1-2-6-13(12)17(19)20/h1-2,5-6,15H,3-4,7-11H2. The van der Waals surface area contributed by atoms with Crippen LogP contribution in [-0.2, 0) is 11.2 Å². The van der Waals surface area contributed by atoms with Gasteiger partial charge < -0.3 is 10.2 Å². The zero-order valence-corrected chi connectivity index (χ0v) is 11.4. The van der Waals surface area contributed by atoms with E-state index < -0.39 is 0 Å². The molecule has 0 saturated carbocycles. The number of carbonyl (C=O) groups excluding carboxylic acids is 1. The smallest absolute Gasteiger partial charge is 0.272 e. The van der Waals surface area contributed by atoms with Crippen LogP contribution in [0.4, 0.5) is 5.69 Å². The van der Waals surface area contributed by atoms with Gasteiger partial charge >= 0.3 is 0 Å². The van der Waals surface area contributed by atoms with Crippen molar-refractivity contribution in [2.24, 2.45) is 0 Å². The molecule has 2 rings (SSSR count). The van der Waals surface area contributed by atoms with E-state index in [0.29, 0.717) is 25.1 Å². The summed E-state index contributed by atoms with van der Waals surface area (Å²) in [6.07, 6.45) is 2.72. The zero-order valence-electron chi connectivity index (χ0n) is 11.4. The van der Waals surface area contributed by atoms with Crippen LogP contribution in [0.25, 0.3) is 0 Å². The first-order chi connectivity index (χ1) is 9.68. The van der Waals surface area contributed by atoms with Gasteiger partial charge in [-0.3, -0.25) is 14.9 Å². The number of nitrogens with zero attached hydrogens (tertiary/aromatic N) is 2. The number of hydrogen-bond donors (Lipinski definition) is 1. The number of nitrogens with one attached hydrogen (secondary N) is 1. The van der Waals surface area contributed by atoms with Crippen LogP contribution in [0.5, 0.6) is 0 Å². The minimum atomic E-state index is -0.370. The van der Waals surface area contributed by atoms with Gasteiger partial charge in [0.25, 0.3) is 5.69 Å². The highest BCUT2D eigenvalue weighted by Crippen LogP contribution is 2.17. The van der Waals surface area contributed by atoms with E-state index in [1.807, 2.05) is 4.90 Å². The number of amides is 1. The fraction of sp³-hybridized carbons (Fsp3) is 0.500. The Hall–Kier alpha value is -1.95. The summed E-state index contributed by atoms with van der Waals surface area (Å²) in [6.45, 7) is 2.57. The minimum Gasteiger partial charge on any atom is -0.342 e. The van der Waals surface area contributed by atoms with Gasteiger partial charge in [0.05, 0.1) is 11.5 Å². The minimum absolute atomic E-state index is 0.116. The first-order valence-electron chi connectivity index (χ1n) is 6.89. The van der Waals surface area contributed by atoms with Crippen LogP contribution in [0.15, 0.2) is 24.3 Å². The lowest BCUT2D eigenvalue weighted by Gasteiger charge is -2.15. The van der Waals surface area contributed by atoms with Crippen LogP contribution in [0, 0.1) is 10.1 Å². The molecule has 1 heterocycles. The van der Waals surface area contributed by atoms with Crippen LogP contribution in [0.3, 0.4) is 0 Å². The second kappa shape index (κ2) is 7.00. The number of hydrogen-bond acceptors (Lipinski definition) is 4. The fourth-order valence-corrected chi connectivity index (χ4v) is 2.40. The van der Waals surface area contributed by atoms with E-state index in [2.05, 4.69) is 5.32 Å². The molecular weight excluding hydrogens is 258 g/mol. The van der Waals surface area contributed by atoms with E-state index in [1.165, 1.54) is 6.07 Å². The summed E-state index contributed by atoms with van der Waals surface area (Å²) in [5.74, 6) is 0.116. The summed E-state index contributed by atoms with van der Waals surface area (Å²) in [5, 5.41) is 13.9. The number of rotatable bonds is 6. The Morgan fingerprint density at radius 3 is 2.70 bits per heavy atom. The molecule has 1 saturated heterocycles. The molecule has 108 valence electrons. The van der Waals surface area contributed by atoms with E-state index in [4.69, 9.17) is 0 Å². The topological polar surface area (TPSA) is 75.5 Å². The number of nitro groups is 1. The van der Waals surface area contributed by atoms with E-state index in [-0.39, 0.29) is 16.5 Å². The summed E-state index contributed by atoms with van der Waals surface area (Å²) in [7, 11) is 0. The van der Waals surface area contributed by atoms with Crippen LogP contribution in [-0.4, -0.2) is 41.9 Å². The number of nitro benzene ring substituents is 1. The Balaban J connectivity index is 1.76. The van der Waals surface area contributed by atoms with Gasteiger partial charge in [0.15, 0.2) is 0 Å². The Bertz CT molecular complexity index is 484. The highest BCUT2D eigenvalue weighted by atomic mass is 16.6. The Kier molecular flexibility index (Phi) is 5.06. The van der Waals surface area contributed by atoms with Crippen LogP contribution >= 0.6 is 0 Å². The molecule has 1 fully saturated rings. The summed E-state index contributed by atoms with van der Waals surface area (Å²) >= 11 is 0. The predicted molar refractivity (Wildman–Crippen MR) is 75.5 cm³/mol. The predicted octanol–water partition coefficient (Wildman–Crippen LogP) is 1.35. The van der Waals surface area contributed by atoms with Gasteiger partial charge in [-0.25, -0.2) is 0 Å². The quantitative estimate of drug-likeness (QED) is 0.484. The monoisotopic (exact) mass is 277 g/mol. The summed E-state index contributed by atoms with van der Waals surface area (Å²) < 4.78 is 0. The van der Waals surface area contributed by atoms with Crippen molar-refractivity contribution in [2.75, 3.05) is 26.2 Å². The van der Waals surface area contributed by atoms with Crippen molar-refractivity contribution in [1.29, 1.82) is 0 Å². The molecule has 0 aliphatic carbocycles. The highest BCUT2D eigenvalue weighted by Gasteiger charge is 2.17. The largest absolute Gasteiger partial charge is 0.342 e. The SMILES string of the molecule is O=C(CNCCc1ccccc1[N+](=O)[O-])N1CCCC1. The van der Waals surface area contributed by atoms with Crippen molar-refractivity contribution in [1.82, 2.24) is 10.2 Å². The lowest BCUT2D eigenvalue weighted by molar-refractivity contribution is -0.385. The molecule has 1 N–H and O–H groups in total. The van der Waals surface area contributed by atoms with Crippen LogP contribution < -0.4 is 5.32 Å². The summed E-state index contributed by atoms with van der Waals surface area (Å²) in [6, 6.07) is 6.70. The molecule has 0 radical (unpaired) electrons. The van der Waals surface area contributed by atoms with Crippen molar-refractivity contribution in [3.05, 3.63) is 39.9 Å². The van der Waals surface area contributed by atoms with Crippen molar-refractivity contribution in [2.45, 2.75) is 19.3 Å². The van der Waals surface area contributed by atoms with E-state index in [1.54, 1.807) is 18.2 Å². The lowest BCUT2D eigenvalue weighted by atomic mass is 10.1. The van der Waals surface area contributed by atoms with Crippen LogP contribution in [0.1, 0.15) is 18.4 Å². The summed E-state index contributed by atoms with van der Waals surface area (Å²) in [4.78, 5) is 24.1. The third-order valence-electron chi connectivity index (χ3n) is 3.49. The van der Waals surface area contributed by atoms with Crippen molar-refractivity contribution in [3.8, 4) is 0 Å². The molecule has 0 atom stereocenters. The normalized spacial score (nSPS) is 14.5. The van der Waals surface area contributed by atoms with Gasteiger partial charge in [-0.05, 0) is 25.8 Å². The van der Waals surface area contributed by atoms with Gasteiger partial charge in [-0.2, -0.15) is 0 Å². The third-order valence-corrected chi connectivity index (χ3v) is 3.49. The van der Waals surface area contributed by atoms with E-state index >= 15 is 0 Å². The molecule has 1 amide bonds. The first kappa shape index (κ1) is 14.5. The molecule has 0 aromatic heterocycles. The van der Waals surface area contributed by atoms with E-state index in [9.17, 15) is 14.9 Å². The molecule has 6 heteroatoms. The Morgan fingerprint density at radius 2 is 2.00 bits per heavy atom. The van der Waals surface area contributed by atoms with Gasteiger partial charge in [0, 0.05) is 24.7 Å². The highest BCUT2D eigenvalue weighted by molar-refractivity contribution is 5.78. The molecule has 0 unspecified atom stereocenters. The average molecular weight is 277 g/mol. The number of carbonyl (C=O) groups is 1. The molecule has 0 spiro atoms. The van der Waals surface area contributed by atoms with Crippen LogP contribution in [0.2, 0.25) is 0 Å². The van der Waals surface area contributed by atoms with Gasteiger partial charge in [-0.1, -0.05) is 18.2 Å².